The Morgan fingerprint density at radius 2 is 1.67 bits per heavy atom. The van der Waals surface area contributed by atoms with Crippen LogP contribution in [-0.2, 0) is 9.59 Å². The second kappa shape index (κ2) is 4.56. The van der Waals surface area contributed by atoms with Gasteiger partial charge >= 0.3 is 5.97 Å². The number of likely N-dealkylation sites (tertiary alicyclic amines) is 1. The van der Waals surface area contributed by atoms with Crippen LogP contribution in [0.5, 0.6) is 0 Å². The molecule has 2 fully saturated rings. The summed E-state index contributed by atoms with van der Waals surface area (Å²) in [6.45, 7) is 8.33. The van der Waals surface area contributed by atoms with Crippen LogP contribution in [0.1, 0.15) is 40.0 Å². The molecule has 2 aliphatic rings. The third-order valence-electron chi connectivity index (χ3n) is 4.46. The molecule has 1 heterocycles. The van der Waals surface area contributed by atoms with Gasteiger partial charge in [0.2, 0.25) is 5.91 Å². The van der Waals surface area contributed by atoms with Crippen LogP contribution >= 0.6 is 0 Å². The lowest BCUT2D eigenvalue weighted by Crippen LogP contribution is -2.42. The van der Waals surface area contributed by atoms with Crippen molar-refractivity contribution in [2.24, 2.45) is 23.2 Å². The Labute approximate surface area is 108 Å². The third kappa shape index (κ3) is 2.68. The van der Waals surface area contributed by atoms with E-state index in [1.165, 1.54) is 0 Å². The molecule has 1 saturated heterocycles. The lowest BCUT2D eigenvalue weighted by atomic mass is 9.75. The molecule has 1 aliphatic heterocycles. The molecule has 1 amide bonds. The predicted molar refractivity (Wildman–Crippen MR) is 68.0 cm³/mol. The summed E-state index contributed by atoms with van der Waals surface area (Å²) in [5.74, 6) is -0.754. The lowest BCUT2D eigenvalue weighted by Gasteiger charge is -2.38. The van der Waals surface area contributed by atoms with Crippen molar-refractivity contribution in [3.8, 4) is 0 Å². The largest absolute Gasteiger partial charge is 0.481 e. The second-order valence-corrected chi connectivity index (χ2v) is 6.75. The van der Waals surface area contributed by atoms with E-state index in [0.717, 1.165) is 25.9 Å². The quantitative estimate of drug-likeness (QED) is 0.818. The highest BCUT2D eigenvalue weighted by molar-refractivity contribution is 5.89. The number of rotatable bonds is 2. The summed E-state index contributed by atoms with van der Waals surface area (Å²) >= 11 is 0. The summed E-state index contributed by atoms with van der Waals surface area (Å²) in [5.41, 5.74) is 0.304. The van der Waals surface area contributed by atoms with E-state index in [4.69, 9.17) is 5.11 Å². The molecule has 4 heteroatoms. The molecule has 0 aromatic heterocycles. The number of carbonyl (C=O) groups excluding carboxylic acids is 1. The minimum absolute atomic E-state index is 0.0646. The molecule has 0 radical (unpaired) electrons. The molecule has 0 unspecified atom stereocenters. The highest BCUT2D eigenvalue weighted by Gasteiger charge is 2.50. The van der Waals surface area contributed by atoms with E-state index >= 15 is 0 Å². The number of amides is 1. The monoisotopic (exact) mass is 253 g/mol. The SMILES string of the molecule is CC(C)(C)C1CCN(C(=O)[C@@H]2C[C@@H]2C(=O)O)CC1. The third-order valence-corrected chi connectivity index (χ3v) is 4.46. The van der Waals surface area contributed by atoms with Gasteiger partial charge in [-0.15, -0.1) is 0 Å². The Hall–Kier alpha value is -1.06. The van der Waals surface area contributed by atoms with Crippen LogP contribution in [0.3, 0.4) is 0 Å². The summed E-state index contributed by atoms with van der Waals surface area (Å²) in [7, 11) is 0. The van der Waals surface area contributed by atoms with E-state index in [0.29, 0.717) is 17.8 Å². The number of carboxylic acid groups (broad SMARTS) is 1. The molecule has 2 atom stereocenters. The summed E-state index contributed by atoms with van der Waals surface area (Å²) < 4.78 is 0. The fourth-order valence-corrected chi connectivity index (χ4v) is 2.94. The zero-order chi connectivity index (χ0) is 13.5. The number of carbonyl (C=O) groups is 2. The predicted octanol–water partition coefficient (Wildman–Crippen LogP) is 1.99. The van der Waals surface area contributed by atoms with Crippen molar-refractivity contribution in [3.63, 3.8) is 0 Å². The Morgan fingerprint density at radius 3 is 2.06 bits per heavy atom. The van der Waals surface area contributed by atoms with Gasteiger partial charge in [-0.1, -0.05) is 20.8 Å². The van der Waals surface area contributed by atoms with Gasteiger partial charge in [-0.05, 0) is 30.6 Å². The molecule has 0 bridgehead atoms. The van der Waals surface area contributed by atoms with E-state index in [2.05, 4.69) is 20.8 Å². The molecular formula is C14H23NO3. The summed E-state index contributed by atoms with van der Waals surface area (Å²) in [5, 5.41) is 8.85. The summed E-state index contributed by atoms with van der Waals surface area (Å²) in [6.07, 6.45) is 2.62. The fourth-order valence-electron chi connectivity index (χ4n) is 2.94. The smallest absolute Gasteiger partial charge is 0.307 e. The Kier molecular flexibility index (Phi) is 3.39. The minimum Gasteiger partial charge on any atom is -0.481 e. The first kappa shape index (κ1) is 13.4. The van der Waals surface area contributed by atoms with Gasteiger partial charge in [0, 0.05) is 13.1 Å². The van der Waals surface area contributed by atoms with E-state index in [1.807, 2.05) is 4.90 Å². The first-order valence-electron chi connectivity index (χ1n) is 6.82. The van der Waals surface area contributed by atoms with E-state index in [-0.39, 0.29) is 11.8 Å². The first-order valence-corrected chi connectivity index (χ1v) is 6.82. The van der Waals surface area contributed by atoms with Gasteiger partial charge in [0.1, 0.15) is 0 Å². The van der Waals surface area contributed by atoms with Gasteiger partial charge in [-0.2, -0.15) is 0 Å². The van der Waals surface area contributed by atoms with Gasteiger partial charge in [0.15, 0.2) is 0 Å². The van der Waals surface area contributed by atoms with Gasteiger partial charge in [-0.3, -0.25) is 9.59 Å². The Morgan fingerprint density at radius 1 is 1.11 bits per heavy atom. The van der Waals surface area contributed by atoms with E-state index < -0.39 is 11.9 Å². The first-order chi connectivity index (χ1) is 8.30. The molecule has 0 aromatic carbocycles. The molecule has 1 aliphatic carbocycles. The number of aliphatic carboxylic acids is 1. The normalized spacial score (nSPS) is 29.2. The lowest BCUT2D eigenvalue weighted by molar-refractivity contribution is -0.142. The zero-order valence-electron chi connectivity index (χ0n) is 11.5. The fraction of sp³-hybridized carbons (Fsp3) is 0.857. The number of piperidine rings is 1. The Balaban J connectivity index is 1.84. The van der Waals surface area contributed by atoms with Crippen LogP contribution in [0.25, 0.3) is 0 Å². The van der Waals surface area contributed by atoms with Crippen molar-refractivity contribution >= 4 is 11.9 Å². The van der Waals surface area contributed by atoms with Crippen molar-refractivity contribution in [3.05, 3.63) is 0 Å². The number of nitrogens with zero attached hydrogens (tertiary/aromatic N) is 1. The van der Waals surface area contributed by atoms with Crippen molar-refractivity contribution in [1.82, 2.24) is 4.90 Å². The summed E-state index contributed by atoms with van der Waals surface area (Å²) in [4.78, 5) is 24.7. The van der Waals surface area contributed by atoms with Crippen LogP contribution in [0, 0.1) is 23.2 Å². The number of carboxylic acids is 1. The number of hydrogen-bond acceptors (Lipinski definition) is 2. The Bertz CT molecular complexity index is 351. The highest BCUT2D eigenvalue weighted by Crippen LogP contribution is 2.41. The van der Waals surface area contributed by atoms with Gasteiger partial charge in [0.05, 0.1) is 11.8 Å². The average molecular weight is 253 g/mol. The minimum atomic E-state index is -0.821. The molecule has 1 saturated carbocycles. The molecule has 0 aromatic rings. The van der Waals surface area contributed by atoms with Gasteiger partial charge in [-0.25, -0.2) is 0 Å². The van der Waals surface area contributed by atoms with Gasteiger partial charge < -0.3 is 10.0 Å². The van der Waals surface area contributed by atoms with Crippen LogP contribution in [0.4, 0.5) is 0 Å². The highest BCUT2D eigenvalue weighted by atomic mass is 16.4. The number of hydrogen-bond donors (Lipinski definition) is 1. The topological polar surface area (TPSA) is 57.6 Å². The molecule has 0 spiro atoms. The molecule has 1 N–H and O–H groups in total. The van der Waals surface area contributed by atoms with E-state index in [9.17, 15) is 9.59 Å². The average Bonchev–Trinajstić information content (AvgIpc) is 3.07. The van der Waals surface area contributed by atoms with Crippen molar-refractivity contribution < 1.29 is 14.7 Å². The van der Waals surface area contributed by atoms with Crippen molar-refractivity contribution in [2.45, 2.75) is 40.0 Å². The molecule has 102 valence electrons. The molecule has 2 rings (SSSR count). The summed E-state index contributed by atoms with van der Waals surface area (Å²) in [6, 6.07) is 0. The zero-order valence-corrected chi connectivity index (χ0v) is 11.5. The van der Waals surface area contributed by atoms with Crippen molar-refractivity contribution in [2.75, 3.05) is 13.1 Å². The van der Waals surface area contributed by atoms with Crippen LogP contribution in [-0.4, -0.2) is 35.0 Å². The molecular weight excluding hydrogens is 230 g/mol. The van der Waals surface area contributed by atoms with Crippen LogP contribution in [0.15, 0.2) is 0 Å². The molecule has 4 nitrogen and oxygen atoms in total. The second-order valence-electron chi connectivity index (χ2n) is 6.75. The van der Waals surface area contributed by atoms with Gasteiger partial charge in [0.25, 0.3) is 0 Å². The maximum absolute atomic E-state index is 12.1. The standard InChI is InChI=1S/C14H23NO3/c1-14(2,3)9-4-6-15(7-5-9)12(16)10-8-11(10)13(17)18/h9-11H,4-8H2,1-3H3,(H,17,18)/t10-,11+/m1/s1. The van der Waals surface area contributed by atoms with E-state index in [1.54, 1.807) is 0 Å². The van der Waals surface area contributed by atoms with Crippen molar-refractivity contribution in [1.29, 1.82) is 0 Å². The van der Waals surface area contributed by atoms with Crippen LogP contribution < -0.4 is 0 Å². The maximum atomic E-state index is 12.1. The molecule has 18 heavy (non-hydrogen) atoms. The van der Waals surface area contributed by atoms with Crippen LogP contribution in [0.2, 0.25) is 0 Å². The maximum Gasteiger partial charge on any atom is 0.307 e.